The third-order valence-electron chi connectivity index (χ3n) is 3.83. The van der Waals surface area contributed by atoms with E-state index in [9.17, 15) is 4.79 Å². The van der Waals surface area contributed by atoms with Crippen LogP contribution >= 0.6 is 0 Å². The number of nitrogens with one attached hydrogen (secondary N) is 1. The summed E-state index contributed by atoms with van der Waals surface area (Å²) in [6.45, 7) is 3.98. The van der Waals surface area contributed by atoms with Gasteiger partial charge in [0.15, 0.2) is 0 Å². The first kappa shape index (κ1) is 14.4. The molecule has 0 radical (unpaired) electrons. The third-order valence-corrected chi connectivity index (χ3v) is 3.83. The third kappa shape index (κ3) is 3.22. The Kier molecular flexibility index (Phi) is 4.28. The van der Waals surface area contributed by atoms with Gasteiger partial charge in [-0.25, -0.2) is 4.79 Å². The number of hydrogen-bond donors (Lipinski definition) is 1. The average molecular weight is 296 g/mol. The first-order valence-corrected chi connectivity index (χ1v) is 7.62. The van der Waals surface area contributed by atoms with Crippen LogP contribution in [0.15, 0.2) is 48.5 Å². The summed E-state index contributed by atoms with van der Waals surface area (Å²) in [6, 6.07) is 15.7. The molecule has 1 aliphatic heterocycles. The van der Waals surface area contributed by atoms with E-state index in [0.717, 1.165) is 35.6 Å². The zero-order chi connectivity index (χ0) is 15.4. The number of urea groups is 1. The highest BCUT2D eigenvalue weighted by Crippen LogP contribution is 2.28. The van der Waals surface area contributed by atoms with Crippen molar-refractivity contribution in [3.05, 3.63) is 59.7 Å². The van der Waals surface area contributed by atoms with E-state index >= 15 is 0 Å². The summed E-state index contributed by atoms with van der Waals surface area (Å²) < 4.78 is 5.48. The van der Waals surface area contributed by atoms with Crippen LogP contribution in [0.5, 0.6) is 5.75 Å². The molecule has 0 bridgehead atoms. The average Bonchev–Trinajstić information content (AvgIpc) is 3.01. The summed E-state index contributed by atoms with van der Waals surface area (Å²) in [6.07, 6.45) is 0.903. The van der Waals surface area contributed by atoms with E-state index in [-0.39, 0.29) is 6.03 Å². The summed E-state index contributed by atoms with van der Waals surface area (Å²) in [5.74, 6) is 0.926. The van der Waals surface area contributed by atoms with Crippen molar-refractivity contribution in [2.75, 3.05) is 18.5 Å². The van der Waals surface area contributed by atoms with Crippen LogP contribution in [0.3, 0.4) is 0 Å². The molecule has 0 aliphatic carbocycles. The molecule has 1 N–H and O–H groups in total. The summed E-state index contributed by atoms with van der Waals surface area (Å²) in [4.78, 5) is 14.2. The van der Waals surface area contributed by atoms with Crippen molar-refractivity contribution in [2.24, 2.45) is 0 Å². The van der Waals surface area contributed by atoms with E-state index in [2.05, 4.69) is 5.32 Å². The van der Waals surface area contributed by atoms with Crippen molar-refractivity contribution in [3.63, 3.8) is 0 Å². The van der Waals surface area contributed by atoms with Gasteiger partial charge in [0.1, 0.15) is 5.75 Å². The number of carbonyl (C=O) groups excluding carboxylic acids is 1. The quantitative estimate of drug-likeness (QED) is 0.935. The van der Waals surface area contributed by atoms with Crippen LogP contribution in [0, 0.1) is 0 Å². The minimum atomic E-state index is -0.0785. The SMILES string of the molecule is CCN(Cc1ccccc1)C(=O)Nc1ccc2c(c1)CCO2. The van der Waals surface area contributed by atoms with Crippen LogP contribution in [0.25, 0.3) is 0 Å². The van der Waals surface area contributed by atoms with Gasteiger partial charge in [-0.1, -0.05) is 30.3 Å². The zero-order valence-electron chi connectivity index (χ0n) is 12.7. The van der Waals surface area contributed by atoms with Gasteiger partial charge in [-0.3, -0.25) is 0 Å². The van der Waals surface area contributed by atoms with Crippen LogP contribution in [0.4, 0.5) is 10.5 Å². The number of anilines is 1. The van der Waals surface area contributed by atoms with Gasteiger partial charge in [-0.2, -0.15) is 0 Å². The molecule has 22 heavy (non-hydrogen) atoms. The number of carbonyl (C=O) groups is 1. The number of fused-ring (bicyclic) bond motifs is 1. The molecule has 0 saturated heterocycles. The monoisotopic (exact) mass is 296 g/mol. The van der Waals surface area contributed by atoms with E-state index in [1.165, 1.54) is 0 Å². The predicted octanol–water partition coefficient (Wildman–Crippen LogP) is 3.68. The zero-order valence-corrected chi connectivity index (χ0v) is 12.7. The highest BCUT2D eigenvalue weighted by atomic mass is 16.5. The summed E-state index contributed by atoms with van der Waals surface area (Å²) in [5, 5.41) is 2.97. The molecule has 1 heterocycles. The van der Waals surface area contributed by atoms with Gasteiger partial charge in [0.05, 0.1) is 6.61 Å². The van der Waals surface area contributed by atoms with Crippen molar-refractivity contribution in [2.45, 2.75) is 19.9 Å². The molecule has 2 amide bonds. The maximum Gasteiger partial charge on any atom is 0.322 e. The number of nitrogens with zero attached hydrogens (tertiary/aromatic N) is 1. The van der Waals surface area contributed by atoms with Gasteiger partial charge in [0.25, 0.3) is 0 Å². The fourth-order valence-corrected chi connectivity index (χ4v) is 2.60. The Balaban J connectivity index is 1.67. The molecular weight excluding hydrogens is 276 g/mol. The number of hydrogen-bond acceptors (Lipinski definition) is 2. The Labute approximate surface area is 130 Å². The van der Waals surface area contributed by atoms with Crippen LogP contribution in [0.1, 0.15) is 18.1 Å². The molecule has 0 fully saturated rings. The van der Waals surface area contributed by atoms with Crippen molar-refractivity contribution in [1.29, 1.82) is 0 Å². The van der Waals surface area contributed by atoms with E-state index < -0.39 is 0 Å². The van der Waals surface area contributed by atoms with Gasteiger partial charge >= 0.3 is 6.03 Å². The molecule has 3 rings (SSSR count). The molecule has 0 spiro atoms. The molecule has 114 valence electrons. The highest BCUT2D eigenvalue weighted by molar-refractivity contribution is 5.89. The van der Waals surface area contributed by atoms with Crippen LogP contribution in [-0.2, 0) is 13.0 Å². The molecule has 0 aromatic heterocycles. The van der Waals surface area contributed by atoms with E-state index in [0.29, 0.717) is 13.1 Å². The molecule has 4 heteroatoms. The second-order valence-electron chi connectivity index (χ2n) is 5.35. The largest absolute Gasteiger partial charge is 0.493 e. The molecule has 4 nitrogen and oxygen atoms in total. The molecular formula is C18H20N2O2. The predicted molar refractivity (Wildman–Crippen MR) is 87.2 cm³/mol. The fraction of sp³-hybridized carbons (Fsp3) is 0.278. The molecule has 0 atom stereocenters. The number of amides is 2. The lowest BCUT2D eigenvalue weighted by molar-refractivity contribution is 0.212. The minimum absolute atomic E-state index is 0.0785. The van der Waals surface area contributed by atoms with Crippen molar-refractivity contribution < 1.29 is 9.53 Å². The van der Waals surface area contributed by atoms with Crippen molar-refractivity contribution >= 4 is 11.7 Å². The Hall–Kier alpha value is -2.49. The van der Waals surface area contributed by atoms with Gasteiger partial charge < -0.3 is 15.0 Å². The van der Waals surface area contributed by atoms with Crippen molar-refractivity contribution in [3.8, 4) is 5.75 Å². The number of rotatable bonds is 4. The van der Waals surface area contributed by atoms with E-state index in [1.54, 1.807) is 4.90 Å². The minimum Gasteiger partial charge on any atom is -0.493 e. The standard InChI is InChI=1S/C18H20N2O2/c1-2-20(13-14-6-4-3-5-7-14)18(21)19-16-8-9-17-15(12-16)10-11-22-17/h3-9,12H,2,10-11,13H2,1H3,(H,19,21). The van der Waals surface area contributed by atoms with Crippen LogP contribution in [-0.4, -0.2) is 24.1 Å². The Bertz CT molecular complexity index is 655. The van der Waals surface area contributed by atoms with Crippen molar-refractivity contribution in [1.82, 2.24) is 4.90 Å². The Morgan fingerprint density at radius 1 is 1.23 bits per heavy atom. The normalized spacial score (nSPS) is 12.4. The van der Waals surface area contributed by atoms with Gasteiger partial charge in [0, 0.05) is 25.2 Å². The summed E-state index contributed by atoms with van der Waals surface area (Å²) in [7, 11) is 0. The molecule has 0 unspecified atom stereocenters. The lowest BCUT2D eigenvalue weighted by Crippen LogP contribution is -2.34. The molecule has 0 saturated carbocycles. The van der Waals surface area contributed by atoms with Gasteiger partial charge in [-0.15, -0.1) is 0 Å². The van der Waals surface area contributed by atoms with E-state index in [1.807, 2.05) is 55.5 Å². The van der Waals surface area contributed by atoms with Gasteiger partial charge in [0.2, 0.25) is 0 Å². The smallest absolute Gasteiger partial charge is 0.322 e. The van der Waals surface area contributed by atoms with Crippen LogP contribution < -0.4 is 10.1 Å². The fourth-order valence-electron chi connectivity index (χ4n) is 2.60. The maximum atomic E-state index is 12.4. The van der Waals surface area contributed by atoms with Crippen LogP contribution in [0.2, 0.25) is 0 Å². The number of ether oxygens (including phenoxy) is 1. The number of benzene rings is 2. The summed E-state index contributed by atoms with van der Waals surface area (Å²) in [5.41, 5.74) is 3.10. The Morgan fingerprint density at radius 2 is 2.05 bits per heavy atom. The van der Waals surface area contributed by atoms with Gasteiger partial charge in [-0.05, 0) is 36.2 Å². The first-order valence-electron chi connectivity index (χ1n) is 7.62. The molecule has 2 aromatic carbocycles. The highest BCUT2D eigenvalue weighted by Gasteiger charge is 2.15. The summed E-state index contributed by atoms with van der Waals surface area (Å²) >= 11 is 0. The molecule has 2 aromatic rings. The first-order chi connectivity index (χ1) is 10.8. The van der Waals surface area contributed by atoms with E-state index in [4.69, 9.17) is 4.74 Å². The molecule has 1 aliphatic rings. The topological polar surface area (TPSA) is 41.6 Å². The lowest BCUT2D eigenvalue weighted by atomic mass is 10.1. The second kappa shape index (κ2) is 6.52. The maximum absolute atomic E-state index is 12.4. The lowest BCUT2D eigenvalue weighted by Gasteiger charge is -2.21. The second-order valence-corrected chi connectivity index (χ2v) is 5.35. The Morgan fingerprint density at radius 3 is 2.82 bits per heavy atom.